The second-order valence-electron chi connectivity index (χ2n) is 2.98. The van der Waals surface area contributed by atoms with Crippen LogP contribution in [0.3, 0.4) is 0 Å². The quantitative estimate of drug-likeness (QED) is 0.687. The van der Waals surface area contributed by atoms with E-state index in [9.17, 15) is 4.79 Å². The van der Waals surface area contributed by atoms with Gasteiger partial charge in [0.05, 0.1) is 11.9 Å². The number of hydrogen-bond acceptors (Lipinski definition) is 4. The molecule has 6 heteroatoms. The minimum absolute atomic E-state index is 0.0466. The summed E-state index contributed by atoms with van der Waals surface area (Å²) in [6, 6.07) is 0.0466. The average Bonchev–Trinajstić information content (AvgIpc) is 2.20. The van der Waals surface area contributed by atoms with Gasteiger partial charge in [0.15, 0.2) is 0 Å². The molecule has 1 aromatic rings. The van der Waals surface area contributed by atoms with E-state index in [4.69, 9.17) is 17.3 Å². The third-order valence-electron chi connectivity index (χ3n) is 1.87. The molecule has 1 atom stereocenters. The molecule has 0 aliphatic rings. The zero-order valence-corrected chi connectivity index (χ0v) is 8.64. The van der Waals surface area contributed by atoms with E-state index < -0.39 is 5.56 Å². The number of nitrogens with zero attached hydrogens (tertiary/aromatic N) is 1. The molecule has 1 unspecified atom stereocenters. The summed E-state index contributed by atoms with van der Waals surface area (Å²) < 4.78 is 0. The van der Waals surface area contributed by atoms with E-state index in [0.29, 0.717) is 12.2 Å². The molecule has 1 heterocycles. The first-order chi connectivity index (χ1) is 6.65. The summed E-state index contributed by atoms with van der Waals surface area (Å²) in [6.45, 7) is 2.56. The van der Waals surface area contributed by atoms with Gasteiger partial charge in [0.2, 0.25) is 0 Å². The van der Waals surface area contributed by atoms with Crippen LogP contribution in [0.4, 0.5) is 5.69 Å². The number of nitrogens with one attached hydrogen (secondary N) is 2. The lowest BCUT2D eigenvalue weighted by Crippen LogP contribution is -2.28. The Labute approximate surface area is 86.7 Å². The Kier molecular flexibility index (Phi) is 3.91. The monoisotopic (exact) mass is 216 g/mol. The summed E-state index contributed by atoms with van der Waals surface area (Å²) in [6.07, 6.45) is 2.33. The standard InChI is InChI=1S/C8H13ClN4O/c1-2-5(10)3-11-6-4-12-13-8(14)7(6)9/h4-5H,2-3,10H2,1H3,(H2,11,13,14). The fourth-order valence-electron chi connectivity index (χ4n) is 0.892. The van der Waals surface area contributed by atoms with Crippen molar-refractivity contribution in [1.82, 2.24) is 10.2 Å². The fourth-order valence-corrected chi connectivity index (χ4v) is 1.05. The van der Waals surface area contributed by atoms with Crippen LogP contribution in [0.5, 0.6) is 0 Å². The number of aromatic nitrogens is 2. The number of aromatic amines is 1. The highest BCUT2D eigenvalue weighted by atomic mass is 35.5. The molecule has 0 aliphatic heterocycles. The van der Waals surface area contributed by atoms with Crippen LogP contribution in [0, 0.1) is 0 Å². The highest BCUT2D eigenvalue weighted by molar-refractivity contribution is 6.32. The van der Waals surface area contributed by atoms with Crippen LogP contribution in [-0.2, 0) is 0 Å². The van der Waals surface area contributed by atoms with Crippen LogP contribution in [0.25, 0.3) is 0 Å². The van der Waals surface area contributed by atoms with E-state index in [0.717, 1.165) is 6.42 Å². The van der Waals surface area contributed by atoms with E-state index in [1.165, 1.54) is 6.20 Å². The molecule has 0 aliphatic carbocycles. The lowest BCUT2D eigenvalue weighted by Gasteiger charge is -2.11. The Hall–Kier alpha value is -1.07. The Morgan fingerprint density at radius 3 is 3.14 bits per heavy atom. The van der Waals surface area contributed by atoms with Crippen molar-refractivity contribution < 1.29 is 0 Å². The van der Waals surface area contributed by atoms with E-state index in [2.05, 4.69) is 15.5 Å². The van der Waals surface area contributed by atoms with Crippen molar-refractivity contribution in [3.8, 4) is 0 Å². The molecule has 1 aromatic heterocycles. The maximum Gasteiger partial charge on any atom is 0.285 e. The predicted molar refractivity (Wildman–Crippen MR) is 56.6 cm³/mol. The van der Waals surface area contributed by atoms with Crippen molar-refractivity contribution in [1.29, 1.82) is 0 Å². The average molecular weight is 217 g/mol. The zero-order valence-electron chi connectivity index (χ0n) is 7.88. The van der Waals surface area contributed by atoms with Gasteiger partial charge in [-0.25, -0.2) is 5.10 Å². The first-order valence-electron chi connectivity index (χ1n) is 4.37. The van der Waals surface area contributed by atoms with Crippen LogP contribution in [-0.4, -0.2) is 22.8 Å². The molecule has 0 bridgehead atoms. The maximum atomic E-state index is 11.0. The summed E-state index contributed by atoms with van der Waals surface area (Å²) >= 11 is 5.73. The smallest absolute Gasteiger partial charge is 0.285 e. The van der Waals surface area contributed by atoms with Crippen LogP contribution in [0.15, 0.2) is 11.0 Å². The lowest BCUT2D eigenvalue weighted by atomic mass is 10.2. The molecular weight excluding hydrogens is 204 g/mol. The van der Waals surface area contributed by atoms with Crippen molar-refractivity contribution in [3.63, 3.8) is 0 Å². The molecule has 78 valence electrons. The zero-order chi connectivity index (χ0) is 10.6. The van der Waals surface area contributed by atoms with Gasteiger partial charge in [-0.3, -0.25) is 4.79 Å². The van der Waals surface area contributed by atoms with Crippen molar-refractivity contribution >= 4 is 17.3 Å². The third kappa shape index (κ3) is 2.71. The number of rotatable bonds is 4. The molecule has 0 amide bonds. The molecular formula is C8H13ClN4O. The molecule has 1 rings (SSSR count). The molecule has 0 radical (unpaired) electrons. The Balaban J connectivity index is 2.68. The van der Waals surface area contributed by atoms with E-state index in [1.54, 1.807) is 0 Å². The lowest BCUT2D eigenvalue weighted by molar-refractivity contribution is 0.679. The van der Waals surface area contributed by atoms with Crippen molar-refractivity contribution in [2.45, 2.75) is 19.4 Å². The number of H-pyrrole nitrogens is 1. The molecule has 0 saturated carbocycles. The van der Waals surface area contributed by atoms with Gasteiger partial charge in [0, 0.05) is 12.6 Å². The van der Waals surface area contributed by atoms with Crippen LogP contribution < -0.4 is 16.6 Å². The third-order valence-corrected chi connectivity index (χ3v) is 2.25. The SMILES string of the molecule is CCC(N)CNc1cn[nH]c(=O)c1Cl. The summed E-state index contributed by atoms with van der Waals surface area (Å²) in [5, 5.41) is 8.94. The molecule has 14 heavy (non-hydrogen) atoms. The Bertz CT molecular complexity index is 351. The van der Waals surface area contributed by atoms with Gasteiger partial charge >= 0.3 is 0 Å². The molecule has 5 nitrogen and oxygen atoms in total. The highest BCUT2D eigenvalue weighted by Crippen LogP contribution is 2.13. The van der Waals surface area contributed by atoms with E-state index in [-0.39, 0.29) is 11.1 Å². The highest BCUT2D eigenvalue weighted by Gasteiger charge is 2.05. The minimum Gasteiger partial charge on any atom is -0.381 e. The van der Waals surface area contributed by atoms with Gasteiger partial charge in [-0.05, 0) is 6.42 Å². The van der Waals surface area contributed by atoms with Crippen molar-refractivity contribution in [2.24, 2.45) is 5.73 Å². The van der Waals surface area contributed by atoms with Gasteiger partial charge < -0.3 is 11.1 Å². The minimum atomic E-state index is -0.401. The molecule has 0 spiro atoms. The van der Waals surface area contributed by atoms with Crippen molar-refractivity contribution in [3.05, 3.63) is 21.6 Å². The number of nitrogens with two attached hydrogens (primary N) is 1. The summed E-state index contributed by atoms with van der Waals surface area (Å²) in [5.74, 6) is 0. The van der Waals surface area contributed by atoms with Crippen molar-refractivity contribution in [2.75, 3.05) is 11.9 Å². The summed E-state index contributed by atoms with van der Waals surface area (Å²) in [5.41, 5.74) is 5.81. The Morgan fingerprint density at radius 1 is 1.79 bits per heavy atom. The fraction of sp³-hybridized carbons (Fsp3) is 0.500. The van der Waals surface area contributed by atoms with E-state index >= 15 is 0 Å². The normalized spacial score (nSPS) is 12.5. The number of halogens is 1. The van der Waals surface area contributed by atoms with Gasteiger partial charge in [0.1, 0.15) is 5.02 Å². The second-order valence-corrected chi connectivity index (χ2v) is 3.35. The largest absolute Gasteiger partial charge is 0.381 e. The molecule has 0 saturated heterocycles. The number of hydrogen-bond donors (Lipinski definition) is 3. The molecule has 0 fully saturated rings. The maximum absolute atomic E-state index is 11.0. The second kappa shape index (κ2) is 4.97. The number of anilines is 1. The molecule has 4 N–H and O–H groups in total. The first kappa shape index (κ1) is 11.0. The molecule has 0 aromatic carbocycles. The first-order valence-corrected chi connectivity index (χ1v) is 4.75. The van der Waals surface area contributed by atoms with Gasteiger partial charge in [-0.15, -0.1) is 0 Å². The van der Waals surface area contributed by atoms with Gasteiger partial charge in [0.25, 0.3) is 5.56 Å². The predicted octanol–water partition coefficient (Wildman–Crippen LogP) is 0.573. The van der Waals surface area contributed by atoms with Crippen LogP contribution in [0.2, 0.25) is 5.02 Å². The van der Waals surface area contributed by atoms with E-state index in [1.807, 2.05) is 6.92 Å². The van der Waals surface area contributed by atoms with Crippen LogP contribution >= 0.6 is 11.6 Å². The Morgan fingerprint density at radius 2 is 2.50 bits per heavy atom. The summed E-state index contributed by atoms with van der Waals surface area (Å²) in [7, 11) is 0. The van der Waals surface area contributed by atoms with Gasteiger partial charge in [-0.1, -0.05) is 18.5 Å². The topological polar surface area (TPSA) is 83.8 Å². The summed E-state index contributed by atoms with van der Waals surface area (Å²) in [4.78, 5) is 11.0. The van der Waals surface area contributed by atoms with Gasteiger partial charge in [-0.2, -0.15) is 5.10 Å². The van der Waals surface area contributed by atoms with Crippen LogP contribution in [0.1, 0.15) is 13.3 Å².